The highest BCUT2D eigenvalue weighted by Gasteiger charge is 2.24. The van der Waals surface area contributed by atoms with Crippen LogP contribution in [0, 0.1) is 5.41 Å². The summed E-state index contributed by atoms with van der Waals surface area (Å²) in [5, 5.41) is 7.92. The van der Waals surface area contributed by atoms with E-state index in [1.54, 1.807) is 11.8 Å². The normalized spacial score (nSPS) is 16.9. The average Bonchev–Trinajstić information content (AvgIpc) is 2.53. The molecule has 0 unspecified atom stereocenters. The van der Waals surface area contributed by atoms with Crippen LogP contribution in [0.25, 0.3) is 0 Å². The first-order chi connectivity index (χ1) is 10.1. The van der Waals surface area contributed by atoms with Gasteiger partial charge in [0.15, 0.2) is 0 Å². The number of hydrogen-bond acceptors (Lipinski definition) is 4. The number of nitrogens with two attached hydrogens (primary N) is 1. The fourth-order valence-electron chi connectivity index (χ4n) is 3.07. The molecule has 1 aromatic carbocycles. The topological polar surface area (TPSA) is 56.4 Å². The number of thioether (sulfide) groups is 1. The highest BCUT2D eigenvalue weighted by Crippen LogP contribution is 2.31. The van der Waals surface area contributed by atoms with Crippen LogP contribution in [0.3, 0.4) is 0 Å². The molecular formula is C16H26N4S. The van der Waals surface area contributed by atoms with Crippen molar-refractivity contribution in [1.29, 1.82) is 5.41 Å². The number of hydrogen-bond donors (Lipinski definition) is 2. The summed E-state index contributed by atoms with van der Waals surface area (Å²) in [5.74, 6) is 0.160. The summed E-state index contributed by atoms with van der Waals surface area (Å²) in [4.78, 5) is 5.90. The molecule has 3 N–H and O–H groups in total. The summed E-state index contributed by atoms with van der Waals surface area (Å²) >= 11 is 1.65. The van der Waals surface area contributed by atoms with E-state index in [1.165, 1.54) is 12.8 Å². The van der Waals surface area contributed by atoms with E-state index < -0.39 is 0 Å². The van der Waals surface area contributed by atoms with Gasteiger partial charge in [-0.05, 0) is 37.8 Å². The minimum Gasteiger partial charge on any atom is -0.384 e. The van der Waals surface area contributed by atoms with E-state index in [0.717, 1.165) is 35.8 Å². The lowest BCUT2D eigenvalue weighted by atomic mass is 10.0. The molecule has 1 fully saturated rings. The Bertz CT molecular complexity index is 495. The molecule has 5 heteroatoms. The predicted octanol–water partition coefficient (Wildman–Crippen LogP) is 2.61. The molecular weight excluding hydrogens is 280 g/mol. The van der Waals surface area contributed by atoms with Crippen LogP contribution in [0.15, 0.2) is 23.1 Å². The van der Waals surface area contributed by atoms with Gasteiger partial charge in [0.25, 0.3) is 0 Å². The molecule has 0 atom stereocenters. The van der Waals surface area contributed by atoms with E-state index >= 15 is 0 Å². The first-order valence-electron chi connectivity index (χ1n) is 7.55. The van der Waals surface area contributed by atoms with Crippen LogP contribution < -0.4 is 10.6 Å². The highest BCUT2D eigenvalue weighted by molar-refractivity contribution is 7.98. The van der Waals surface area contributed by atoms with Gasteiger partial charge < -0.3 is 15.5 Å². The Kier molecular flexibility index (Phi) is 5.53. The quantitative estimate of drug-likeness (QED) is 0.499. The number of nitrogens with zero attached hydrogens (tertiary/aromatic N) is 2. The highest BCUT2D eigenvalue weighted by atomic mass is 32.2. The van der Waals surface area contributed by atoms with Crippen molar-refractivity contribution < 1.29 is 0 Å². The molecule has 0 aromatic heterocycles. The molecule has 0 radical (unpaired) electrons. The van der Waals surface area contributed by atoms with Gasteiger partial charge >= 0.3 is 0 Å². The molecule has 1 aliphatic heterocycles. The number of anilines is 1. The molecule has 0 spiro atoms. The number of benzene rings is 1. The van der Waals surface area contributed by atoms with E-state index in [9.17, 15) is 0 Å². The Morgan fingerprint density at radius 2 is 2.10 bits per heavy atom. The zero-order valence-corrected chi connectivity index (χ0v) is 14.0. The molecule has 1 saturated heterocycles. The zero-order valence-electron chi connectivity index (χ0n) is 13.2. The molecule has 1 aliphatic rings. The number of likely N-dealkylation sites (tertiary alicyclic amines) is 1. The number of piperidine rings is 1. The SMILES string of the molecule is CCN1CCC(N(C)c2cccc(SC)c2C(=N)N)CC1. The monoisotopic (exact) mass is 306 g/mol. The van der Waals surface area contributed by atoms with E-state index in [-0.39, 0.29) is 5.84 Å². The van der Waals surface area contributed by atoms with Crippen LogP contribution in [0.5, 0.6) is 0 Å². The first-order valence-corrected chi connectivity index (χ1v) is 8.77. The Balaban J connectivity index is 2.23. The molecule has 0 aliphatic carbocycles. The van der Waals surface area contributed by atoms with E-state index in [4.69, 9.17) is 11.1 Å². The van der Waals surface area contributed by atoms with Gasteiger partial charge in [-0.1, -0.05) is 13.0 Å². The molecule has 1 aromatic rings. The molecule has 21 heavy (non-hydrogen) atoms. The van der Waals surface area contributed by atoms with Gasteiger partial charge in [-0.2, -0.15) is 0 Å². The summed E-state index contributed by atoms with van der Waals surface area (Å²) in [6, 6.07) is 6.72. The maximum Gasteiger partial charge on any atom is 0.126 e. The summed E-state index contributed by atoms with van der Waals surface area (Å²) in [5.41, 5.74) is 7.80. The van der Waals surface area contributed by atoms with Gasteiger partial charge in [0, 0.05) is 36.8 Å². The fraction of sp³-hybridized carbons (Fsp3) is 0.562. The lowest BCUT2D eigenvalue weighted by Gasteiger charge is -2.38. The predicted molar refractivity (Wildman–Crippen MR) is 92.8 cm³/mol. The third-order valence-corrected chi connectivity index (χ3v) is 5.21. The number of amidine groups is 1. The Hall–Kier alpha value is -1.20. The van der Waals surface area contributed by atoms with Crippen LogP contribution >= 0.6 is 11.8 Å². The number of nitrogens with one attached hydrogen (secondary N) is 1. The fourth-order valence-corrected chi connectivity index (χ4v) is 3.71. The van der Waals surface area contributed by atoms with Crippen molar-refractivity contribution in [2.24, 2.45) is 5.73 Å². The Morgan fingerprint density at radius 1 is 1.43 bits per heavy atom. The van der Waals surface area contributed by atoms with Crippen LogP contribution in [-0.4, -0.2) is 49.7 Å². The second-order valence-electron chi connectivity index (χ2n) is 5.54. The van der Waals surface area contributed by atoms with Crippen molar-refractivity contribution in [3.63, 3.8) is 0 Å². The minimum absolute atomic E-state index is 0.160. The first kappa shape index (κ1) is 16.2. The van der Waals surface area contributed by atoms with Gasteiger partial charge in [0.2, 0.25) is 0 Å². The lowest BCUT2D eigenvalue weighted by Crippen LogP contribution is -2.43. The van der Waals surface area contributed by atoms with E-state index in [2.05, 4.69) is 35.9 Å². The molecule has 0 saturated carbocycles. The van der Waals surface area contributed by atoms with Crippen molar-refractivity contribution in [1.82, 2.24) is 4.90 Å². The van der Waals surface area contributed by atoms with Gasteiger partial charge in [-0.15, -0.1) is 11.8 Å². The van der Waals surface area contributed by atoms with Crippen molar-refractivity contribution in [3.05, 3.63) is 23.8 Å². The zero-order chi connectivity index (χ0) is 15.4. The van der Waals surface area contributed by atoms with Crippen LogP contribution in [0.4, 0.5) is 5.69 Å². The lowest BCUT2D eigenvalue weighted by molar-refractivity contribution is 0.221. The number of rotatable bonds is 5. The minimum atomic E-state index is 0.160. The maximum absolute atomic E-state index is 7.92. The summed E-state index contributed by atoms with van der Waals surface area (Å²) in [7, 11) is 2.14. The van der Waals surface area contributed by atoms with Gasteiger partial charge in [-0.25, -0.2) is 0 Å². The Labute approximate surface area is 132 Å². The third kappa shape index (κ3) is 3.52. The Morgan fingerprint density at radius 3 is 2.62 bits per heavy atom. The van der Waals surface area contributed by atoms with Gasteiger partial charge in [-0.3, -0.25) is 5.41 Å². The largest absolute Gasteiger partial charge is 0.384 e. The molecule has 2 rings (SSSR count). The third-order valence-electron chi connectivity index (χ3n) is 4.43. The molecule has 116 valence electrons. The second-order valence-corrected chi connectivity index (χ2v) is 6.39. The molecule has 0 amide bonds. The van der Waals surface area contributed by atoms with Crippen LogP contribution in [0.1, 0.15) is 25.3 Å². The second kappa shape index (κ2) is 7.18. The molecule has 1 heterocycles. The van der Waals surface area contributed by atoms with Crippen LogP contribution in [-0.2, 0) is 0 Å². The maximum atomic E-state index is 7.92. The molecule has 4 nitrogen and oxygen atoms in total. The summed E-state index contributed by atoms with van der Waals surface area (Å²) < 4.78 is 0. The van der Waals surface area contributed by atoms with Crippen molar-refractivity contribution in [2.75, 3.05) is 37.8 Å². The average molecular weight is 306 g/mol. The van der Waals surface area contributed by atoms with E-state index in [0.29, 0.717) is 6.04 Å². The van der Waals surface area contributed by atoms with Crippen LogP contribution in [0.2, 0.25) is 0 Å². The van der Waals surface area contributed by atoms with Crippen molar-refractivity contribution in [3.8, 4) is 0 Å². The van der Waals surface area contributed by atoms with E-state index in [1.807, 2.05) is 12.3 Å². The van der Waals surface area contributed by atoms with Crippen molar-refractivity contribution >= 4 is 23.3 Å². The smallest absolute Gasteiger partial charge is 0.126 e. The summed E-state index contributed by atoms with van der Waals surface area (Å²) in [6.07, 6.45) is 4.38. The number of nitrogen functional groups attached to an aromatic ring is 1. The van der Waals surface area contributed by atoms with Crippen molar-refractivity contribution in [2.45, 2.75) is 30.7 Å². The van der Waals surface area contributed by atoms with Gasteiger partial charge in [0.05, 0.1) is 5.56 Å². The summed E-state index contributed by atoms with van der Waals surface area (Å²) in [6.45, 7) is 5.67. The standard InChI is InChI=1S/C16H26N4S/c1-4-20-10-8-12(9-11-20)19(2)13-6-5-7-14(21-3)15(13)16(17)18/h5-7,12H,4,8-11H2,1-3H3,(H3,17,18). The molecule has 0 bridgehead atoms. The van der Waals surface area contributed by atoms with Gasteiger partial charge in [0.1, 0.15) is 5.84 Å².